The van der Waals surface area contributed by atoms with Gasteiger partial charge >= 0.3 is 0 Å². The van der Waals surface area contributed by atoms with E-state index in [2.05, 4.69) is 33.6 Å². The van der Waals surface area contributed by atoms with Gasteiger partial charge in [0.05, 0.1) is 19.2 Å². The van der Waals surface area contributed by atoms with E-state index in [-0.39, 0.29) is 24.1 Å². The lowest BCUT2D eigenvalue weighted by Gasteiger charge is -2.20. The van der Waals surface area contributed by atoms with Crippen LogP contribution in [0.5, 0.6) is 5.75 Å². The largest absolute Gasteiger partial charge is 0.493 e. The number of pyridine rings is 1. The van der Waals surface area contributed by atoms with Crippen LogP contribution in [0.3, 0.4) is 0 Å². The average Bonchev–Trinajstić information content (AvgIpc) is 3.45. The lowest BCUT2D eigenvalue weighted by atomic mass is 9.98. The molecule has 0 aliphatic carbocycles. The Morgan fingerprint density at radius 2 is 2.12 bits per heavy atom. The molecule has 34 heavy (non-hydrogen) atoms. The number of hydrogen-bond donors (Lipinski definition) is 1. The minimum atomic E-state index is -0.221. The van der Waals surface area contributed by atoms with E-state index in [1.54, 1.807) is 43.7 Å². The summed E-state index contributed by atoms with van der Waals surface area (Å²) in [4.78, 5) is 30.7. The summed E-state index contributed by atoms with van der Waals surface area (Å²) in [7, 11) is 1.56. The number of carbonyl (C=O) groups excluding carboxylic acids is 1. The van der Waals surface area contributed by atoms with Crippen LogP contribution in [0.25, 0.3) is 16.7 Å². The van der Waals surface area contributed by atoms with Crippen molar-refractivity contribution in [3.8, 4) is 16.9 Å². The zero-order chi connectivity index (χ0) is 23.8. The summed E-state index contributed by atoms with van der Waals surface area (Å²) in [5.41, 5.74) is 3.29. The van der Waals surface area contributed by atoms with E-state index in [4.69, 9.17) is 4.74 Å². The molecule has 0 spiro atoms. The highest BCUT2D eigenvalue weighted by atomic mass is 32.2. The average molecular weight is 479 g/mol. The molecule has 1 amide bonds. The molecule has 10 heteroatoms. The Morgan fingerprint density at radius 1 is 1.26 bits per heavy atom. The van der Waals surface area contributed by atoms with E-state index in [0.717, 1.165) is 29.2 Å². The molecule has 9 nitrogen and oxygen atoms in total. The van der Waals surface area contributed by atoms with E-state index < -0.39 is 0 Å². The maximum absolute atomic E-state index is 13.1. The molecular formula is C24H26N6O3S. The number of aromatic nitrogens is 4. The summed E-state index contributed by atoms with van der Waals surface area (Å²) in [6.07, 6.45) is 4.03. The first kappa shape index (κ1) is 22.3. The Bertz CT molecular complexity index is 1340. The summed E-state index contributed by atoms with van der Waals surface area (Å²) >= 11 is 1.68. The highest BCUT2D eigenvalue weighted by molar-refractivity contribution is 8.04. The molecule has 0 fully saturated rings. The standard InChI is InChI=1S/C24H26N6O3S/c1-15(2)30-24(26-14-27-30)29-12-19-18-11-16(6-7-20(18)33-10-8-21(19)34-29)17-5-4-9-28(23(17)32)13-22(31)25-3/h4-7,9,11,14-15H,8,10,12-13H2,1-3H3,(H,25,31). The van der Waals surface area contributed by atoms with Crippen LogP contribution >= 0.6 is 11.9 Å². The van der Waals surface area contributed by atoms with Crippen LogP contribution in [0.15, 0.2) is 52.6 Å². The van der Waals surface area contributed by atoms with Crippen molar-refractivity contribution in [1.29, 1.82) is 0 Å². The predicted molar refractivity (Wildman–Crippen MR) is 133 cm³/mol. The molecule has 1 N–H and O–H groups in total. The summed E-state index contributed by atoms with van der Waals surface area (Å²) in [5.74, 6) is 1.41. The molecule has 3 aromatic rings. The van der Waals surface area contributed by atoms with Gasteiger partial charge in [0.25, 0.3) is 5.56 Å². The third-order valence-electron chi connectivity index (χ3n) is 5.94. The first-order valence-corrected chi connectivity index (χ1v) is 12.0. The van der Waals surface area contributed by atoms with Crippen LogP contribution in [0.4, 0.5) is 5.95 Å². The van der Waals surface area contributed by atoms with Gasteiger partial charge in [0.2, 0.25) is 11.9 Å². The Hall–Kier alpha value is -3.53. The van der Waals surface area contributed by atoms with E-state index in [1.165, 1.54) is 15.0 Å². The van der Waals surface area contributed by atoms with Crippen molar-refractivity contribution < 1.29 is 9.53 Å². The number of nitrogens with zero attached hydrogens (tertiary/aromatic N) is 5. The van der Waals surface area contributed by atoms with Crippen molar-refractivity contribution in [2.75, 3.05) is 24.5 Å². The van der Waals surface area contributed by atoms with Gasteiger partial charge in [-0.2, -0.15) is 10.1 Å². The van der Waals surface area contributed by atoms with Crippen LogP contribution in [-0.2, 0) is 11.3 Å². The van der Waals surface area contributed by atoms with E-state index in [1.807, 2.05) is 22.9 Å². The highest BCUT2D eigenvalue weighted by Gasteiger charge is 2.31. The second-order valence-corrected chi connectivity index (χ2v) is 9.58. The number of likely N-dealkylation sites (N-methyl/N-ethyl adjacent to an activating group) is 1. The third-order valence-corrected chi connectivity index (χ3v) is 7.12. The number of rotatable bonds is 5. The third kappa shape index (κ3) is 3.98. The number of anilines is 1. The summed E-state index contributed by atoms with van der Waals surface area (Å²) in [6, 6.07) is 9.64. The van der Waals surface area contributed by atoms with Gasteiger partial charge in [-0.1, -0.05) is 6.07 Å². The number of amides is 1. The van der Waals surface area contributed by atoms with Crippen molar-refractivity contribution in [3.63, 3.8) is 0 Å². The minimum Gasteiger partial charge on any atom is -0.493 e. The molecular weight excluding hydrogens is 452 g/mol. The van der Waals surface area contributed by atoms with Crippen LogP contribution in [0.1, 0.15) is 31.9 Å². The quantitative estimate of drug-likeness (QED) is 0.563. The van der Waals surface area contributed by atoms with E-state index >= 15 is 0 Å². The first-order valence-electron chi connectivity index (χ1n) is 11.2. The fourth-order valence-electron chi connectivity index (χ4n) is 4.21. The molecule has 0 saturated heterocycles. The Balaban J connectivity index is 1.52. The van der Waals surface area contributed by atoms with Crippen molar-refractivity contribution in [2.24, 2.45) is 0 Å². The zero-order valence-corrected chi connectivity index (χ0v) is 20.1. The summed E-state index contributed by atoms with van der Waals surface area (Å²) in [6.45, 7) is 5.41. The number of ether oxygens (including phenoxy) is 1. The van der Waals surface area contributed by atoms with Gasteiger partial charge in [0, 0.05) is 35.7 Å². The van der Waals surface area contributed by atoms with Gasteiger partial charge < -0.3 is 14.6 Å². The lowest BCUT2D eigenvalue weighted by Crippen LogP contribution is -2.30. The maximum atomic E-state index is 13.1. The summed E-state index contributed by atoms with van der Waals surface area (Å²) in [5, 5.41) is 6.94. The van der Waals surface area contributed by atoms with Crippen LogP contribution < -0.4 is 19.9 Å². The monoisotopic (exact) mass is 478 g/mol. The van der Waals surface area contributed by atoms with Crippen molar-refractivity contribution in [1.82, 2.24) is 24.6 Å². The zero-order valence-electron chi connectivity index (χ0n) is 19.3. The maximum Gasteiger partial charge on any atom is 0.258 e. The van der Waals surface area contributed by atoms with Gasteiger partial charge in [0.15, 0.2) is 0 Å². The Morgan fingerprint density at radius 3 is 2.91 bits per heavy atom. The van der Waals surface area contributed by atoms with Gasteiger partial charge in [-0.05, 0) is 61.2 Å². The molecule has 0 unspecified atom stereocenters. The lowest BCUT2D eigenvalue weighted by molar-refractivity contribution is -0.121. The number of fused-ring (bicyclic) bond motifs is 2. The van der Waals surface area contributed by atoms with Crippen LogP contribution in [-0.4, -0.2) is 45.4 Å². The molecule has 0 saturated carbocycles. The molecule has 5 rings (SSSR count). The molecule has 2 aliphatic rings. The molecule has 2 aromatic heterocycles. The number of carbonyl (C=O) groups is 1. The molecule has 1 aromatic carbocycles. The minimum absolute atomic E-state index is 0.0192. The van der Waals surface area contributed by atoms with Crippen molar-refractivity contribution in [3.05, 3.63) is 63.7 Å². The van der Waals surface area contributed by atoms with Crippen LogP contribution in [0.2, 0.25) is 0 Å². The molecule has 0 radical (unpaired) electrons. The van der Waals surface area contributed by atoms with Crippen LogP contribution in [0, 0.1) is 0 Å². The number of benzene rings is 1. The van der Waals surface area contributed by atoms with Gasteiger partial charge in [-0.25, -0.2) is 4.68 Å². The molecule has 2 aliphatic heterocycles. The topological polar surface area (TPSA) is 94.3 Å². The molecule has 176 valence electrons. The number of nitrogens with one attached hydrogen (secondary N) is 1. The fraction of sp³-hybridized carbons (Fsp3) is 0.333. The van der Waals surface area contributed by atoms with Crippen molar-refractivity contribution in [2.45, 2.75) is 32.9 Å². The molecule has 0 bridgehead atoms. The van der Waals surface area contributed by atoms with Crippen molar-refractivity contribution >= 4 is 29.4 Å². The summed E-state index contributed by atoms with van der Waals surface area (Å²) < 4.78 is 11.6. The van der Waals surface area contributed by atoms with E-state index in [9.17, 15) is 9.59 Å². The Kier molecular flexibility index (Phi) is 5.91. The second-order valence-electron chi connectivity index (χ2n) is 8.47. The fourth-order valence-corrected chi connectivity index (χ4v) is 5.34. The highest BCUT2D eigenvalue weighted by Crippen LogP contribution is 2.46. The van der Waals surface area contributed by atoms with E-state index in [0.29, 0.717) is 18.7 Å². The first-order chi connectivity index (χ1) is 16.5. The predicted octanol–water partition coefficient (Wildman–Crippen LogP) is 3.10. The second kappa shape index (κ2) is 9.02. The smallest absolute Gasteiger partial charge is 0.258 e. The van der Waals surface area contributed by atoms with Gasteiger partial charge in [-0.15, -0.1) is 0 Å². The normalized spacial score (nSPS) is 15.1. The molecule has 0 atom stereocenters. The SMILES string of the molecule is CNC(=O)Cn1cccc(-c2ccc3c(c2)C2=C(CCO3)SN(c3ncnn3C(C)C)C2)c1=O. The van der Waals surface area contributed by atoms with Gasteiger partial charge in [0.1, 0.15) is 18.6 Å². The van der Waals surface area contributed by atoms with Gasteiger partial charge in [-0.3, -0.25) is 13.9 Å². The molecule has 4 heterocycles. The Labute approximate surface area is 201 Å². The number of hydrogen-bond acceptors (Lipinski definition) is 7.